The molecule has 6 nitrogen and oxygen atoms in total. The number of nitrogens with zero attached hydrogens (tertiary/aromatic N) is 1. The number of hydrogen-bond acceptors (Lipinski definition) is 6. The standard InChI is InChI=1S/C26H20ClNO5S/c1-3-32-26(31)22-23(29)21(34-25(22)28-24(30)17-6-4-15(2)5-7-17)14-19-12-13-20(33-19)16-8-10-18(27)11-9-16/h4-14,29H,3H2,1-2H3/b21-14+,28-25?. The molecule has 0 unspecified atom stereocenters. The van der Waals surface area contributed by atoms with Crippen LogP contribution in [0, 0.1) is 6.92 Å². The molecule has 3 aromatic rings. The number of furan rings is 1. The fraction of sp³-hybridized carbons (Fsp3) is 0.115. The Bertz CT molecular complexity index is 1330. The molecule has 1 amide bonds. The zero-order valence-corrected chi connectivity index (χ0v) is 19.9. The highest BCUT2D eigenvalue weighted by Gasteiger charge is 2.34. The molecular weight excluding hydrogens is 474 g/mol. The molecule has 2 heterocycles. The van der Waals surface area contributed by atoms with E-state index in [1.165, 1.54) is 0 Å². The van der Waals surface area contributed by atoms with E-state index >= 15 is 0 Å². The third kappa shape index (κ3) is 5.16. The van der Waals surface area contributed by atoms with Gasteiger partial charge in [-0.05, 0) is 68.5 Å². The first-order chi connectivity index (χ1) is 16.4. The molecular formula is C26H20ClNO5S. The summed E-state index contributed by atoms with van der Waals surface area (Å²) >= 11 is 6.94. The van der Waals surface area contributed by atoms with Crippen molar-refractivity contribution in [3.05, 3.63) is 98.8 Å². The highest BCUT2D eigenvalue weighted by molar-refractivity contribution is 8.18. The van der Waals surface area contributed by atoms with Crippen LogP contribution in [0.1, 0.15) is 28.6 Å². The van der Waals surface area contributed by atoms with Crippen molar-refractivity contribution in [2.24, 2.45) is 4.99 Å². The van der Waals surface area contributed by atoms with Gasteiger partial charge in [0.15, 0.2) is 0 Å². The number of rotatable bonds is 5. The predicted molar refractivity (Wildman–Crippen MR) is 134 cm³/mol. The van der Waals surface area contributed by atoms with Crippen molar-refractivity contribution in [1.29, 1.82) is 0 Å². The number of halogens is 1. The number of thioether (sulfide) groups is 1. The Morgan fingerprint density at radius 1 is 1.09 bits per heavy atom. The van der Waals surface area contributed by atoms with Gasteiger partial charge in [-0.1, -0.05) is 41.1 Å². The van der Waals surface area contributed by atoms with Crippen molar-refractivity contribution in [3.8, 4) is 11.3 Å². The van der Waals surface area contributed by atoms with Gasteiger partial charge in [-0.2, -0.15) is 0 Å². The number of hydrogen-bond donors (Lipinski definition) is 1. The first kappa shape index (κ1) is 23.6. The van der Waals surface area contributed by atoms with Gasteiger partial charge in [0.2, 0.25) is 0 Å². The molecule has 34 heavy (non-hydrogen) atoms. The Morgan fingerprint density at radius 3 is 2.47 bits per heavy atom. The van der Waals surface area contributed by atoms with Crippen molar-refractivity contribution < 1.29 is 23.8 Å². The summed E-state index contributed by atoms with van der Waals surface area (Å²) in [6.45, 7) is 3.68. The summed E-state index contributed by atoms with van der Waals surface area (Å²) in [5.74, 6) is -0.533. The maximum absolute atomic E-state index is 12.7. The second-order valence-electron chi connectivity index (χ2n) is 7.35. The minimum atomic E-state index is -0.757. The van der Waals surface area contributed by atoms with E-state index in [0.717, 1.165) is 22.9 Å². The Kier molecular flexibility index (Phi) is 7.05. The Labute approximate surface area is 205 Å². The van der Waals surface area contributed by atoms with Gasteiger partial charge < -0.3 is 14.3 Å². The van der Waals surface area contributed by atoms with Crippen LogP contribution in [0.15, 0.2) is 86.3 Å². The predicted octanol–water partition coefficient (Wildman–Crippen LogP) is 6.61. The molecule has 0 bridgehead atoms. The van der Waals surface area contributed by atoms with Crippen molar-refractivity contribution >= 4 is 46.4 Å². The lowest BCUT2D eigenvalue weighted by atomic mass is 10.1. The number of aliphatic hydroxyl groups excluding tert-OH is 1. The van der Waals surface area contributed by atoms with E-state index in [9.17, 15) is 14.7 Å². The maximum Gasteiger partial charge on any atom is 0.344 e. The molecule has 2 aromatic carbocycles. The monoisotopic (exact) mass is 493 g/mol. The summed E-state index contributed by atoms with van der Waals surface area (Å²) in [4.78, 5) is 29.6. The number of aryl methyl sites for hydroxylation is 1. The van der Waals surface area contributed by atoms with Gasteiger partial charge in [0.05, 0.1) is 11.5 Å². The van der Waals surface area contributed by atoms with Crippen LogP contribution >= 0.6 is 23.4 Å². The number of ether oxygens (including phenoxy) is 1. The molecule has 1 aliphatic heterocycles. The Balaban J connectivity index is 1.67. The van der Waals surface area contributed by atoms with E-state index in [4.69, 9.17) is 20.8 Å². The fourth-order valence-electron chi connectivity index (χ4n) is 3.17. The van der Waals surface area contributed by atoms with Crippen LogP contribution in [0.2, 0.25) is 5.02 Å². The number of aliphatic imine (C=N–C) groups is 1. The average Bonchev–Trinajstić information content (AvgIpc) is 3.39. The molecule has 0 saturated heterocycles. The van der Waals surface area contributed by atoms with Crippen molar-refractivity contribution in [2.75, 3.05) is 6.61 Å². The summed E-state index contributed by atoms with van der Waals surface area (Å²) in [5.41, 5.74) is 2.07. The lowest BCUT2D eigenvalue weighted by Crippen LogP contribution is -2.14. The highest BCUT2D eigenvalue weighted by atomic mass is 35.5. The number of esters is 1. The SMILES string of the molecule is CCOC(=O)C1=C(O)/C(=C\c2ccc(-c3ccc(Cl)cc3)o2)SC1=NC(=O)c1ccc(C)cc1. The van der Waals surface area contributed by atoms with Gasteiger partial charge in [-0.25, -0.2) is 9.79 Å². The van der Waals surface area contributed by atoms with Crippen LogP contribution in [-0.2, 0) is 9.53 Å². The molecule has 0 aliphatic carbocycles. The number of amides is 1. The number of benzene rings is 2. The number of aliphatic hydroxyl groups is 1. The molecule has 0 fully saturated rings. The summed E-state index contributed by atoms with van der Waals surface area (Å²) in [6.07, 6.45) is 1.58. The molecule has 0 saturated carbocycles. The molecule has 1 N–H and O–H groups in total. The van der Waals surface area contributed by atoms with Crippen LogP contribution in [0.25, 0.3) is 17.4 Å². The van der Waals surface area contributed by atoms with Crippen molar-refractivity contribution in [2.45, 2.75) is 13.8 Å². The van der Waals surface area contributed by atoms with Gasteiger partial charge in [-0.3, -0.25) is 4.79 Å². The van der Waals surface area contributed by atoms with Gasteiger partial charge >= 0.3 is 5.97 Å². The van der Waals surface area contributed by atoms with Gasteiger partial charge in [0, 0.05) is 16.1 Å². The smallest absolute Gasteiger partial charge is 0.344 e. The van der Waals surface area contributed by atoms with Gasteiger partial charge in [0.1, 0.15) is 27.9 Å². The minimum absolute atomic E-state index is 0.0669. The van der Waals surface area contributed by atoms with Crippen LogP contribution in [0.4, 0.5) is 0 Å². The Morgan fingerprint density at radius 2 is 1.79 bits per heavy atom. The van der Waals surface area contributed by atoms with Gasteiger partial charge in [0.25, 0.3) is 5.91 Å². The molecule has 4 rings (SSSR count). The highest BCUT2D eigenvalue weighted by Crippen LogP contribution is 2.40. The third-order valence-electron chi connectivity index (χ3n) is 4.90. The fourth-order valence-corrected chi connectivity index (χ4v) is 4.29. The molecule has 1 aromatic heterocycles. The average molecular weight is 494 g/mol. The largest absolute Gasteiger partial charge is 0.506 e. The quantitative estimate of drug-likeness (QED) is 0.402. The van der Waals surface area contributed by atoms with E-state index in [-0.39, 0.29) is 23.0 Å². The van der Waals surface area contributed by atoms with Crippen molar-refractivity contribution in [1.82, 2.24) is 0 Å². The minimum Gasteiger partial charge on any atom is -0.506 e. The number of carbonyl (C=O) groups is 2. The zero-order valence-electron chi connectivity index (χ0n) is 18.4. The molecule has 0 atom stereocenters. The van der Waals surface area contributed by atoms with E-state index in [1.807, 2.05) is 19.1 Å². The normalized spacial score (nSPS) is 15.9. The van der Waals surface area contributed by atoms with E-state index in [1.54, 1.807) is 61.5 Å². The third-order valence-corrected chi connectivity index (χ3v) is 6.17. The molecule has 172 valence electrons. The number of carbonyl (C=O) groups excluding carboxylic acids is 2. The molecule has 8 heteroatoms. The summed E-state index contributed by atoms with van der Waals surface area (Å²) in [6, 6.07) is 17.6. The van der Waals surface area contributed by atoms with E-state index < -0.39 is 11.9 Å². The first-order valence-electron chi connectivity index (χ1n) is 10.4. The second kappa shape index (κ2) is 10.2. The van der Waals surface area contributed by atoms with Crippen molar-refractivity contribution in [3.63, 3.8) is 0 Å². The van der Waals surface area contributed by atoms with Crippen LogP contribution in [0.5, 0.6) is 0 Å². The summed E-state index contributed by atoms with van der Waals surface area (Å²) in [5, 5.41) is 11.5. The van der Waals surface area contributed by atoms with E-state index in [2.05, 4.69) is 4.99 Å². The summed E-state index contributed by atoms with van der Waals surface area (Å²) < 4.78 is 10.9. The second-order valence-corrected chi connectivity index (χ2v) is 8.82. The molecule has 1 aliphatic rings. The van der Waals surface area contributed by atoms with Crippen LogP contribution in [0.3, 0.4) is 0 Å². The maximum atomic E-state index is 12.7. The topological polar surface area (TPSA) is 89.1 Å². The van der Waals surface area contributed by atoms with Crippen LogP contribution < -0.4 is 0 Å². The van der Waals surface area contributed by atoms with Gasteiger partial charge in [-0.15, -0.1) is 0 Å². The van der Waals surface area contributed by atoms with Crippen LogP contribution in [-0.4, -0.2) is 28.6 Å². The lowest BCUT2D eigenvalue weighted by Gasteiger charge is -2.03. The summed E-state index contributed by atoms with van der Waals surface area (Å²) in [7, 11) is 0. The molecule has 0 spiro atoms. The first-order valence-corrected chi connectivity index (χ1v) is 11.6. The zero-order chi connectivity index (χ0) is 24.2. The molecule has 0 radical (unpaired) electrons. The van der Waals surface area contributed by atoms with E-state index in [0.29, 0.717) is 27.0 Å². The lowest BCUT2D eigenvalue weighted by molar-refractivity contribution is -0.138. The Hall–Kier alpha value is -3.55.